The Labute approximate surface area is 167 Å². The zero-order valence-corrected chi connectivity index (χ0v) is 15.4. The maximum Gasteiger partial charge on any atom is 2.00 e. The molecule has 0 aromatic carbocycles. The molecule has 154 valence electrons. The van der Waals surface area contributed by atoms with Gasteiger partial charge in [0.25, 0.3) is 0 Å². The number of carbonyl (C=O) groups is 8. The molecular weight excluding hydrogens is 463 g/mol. The van der Waals surface area contributed by atoms with Crippen molar-refractivity contribution in [3.63, 3.8) is 0 Å². The summed E-state index contributed by atoms with van der Waals surface area (Å²) < 4.78 is 0. The van der Waals surface area contributed by atoms with E-state index in [1.54, 1.807) is 0 Å². The molecule has 0 aromatic rings. The number of aliphatic carboxylic acids is 4. The summed E-state index contributed by atoms with van der Waals surface area (Å²) in [6.45, 7) is 3.76. The average Bonchev–Trinajstić information content (AvgIpc) is 2.40. The van der Waals surface area contributed by atoms with Gasteiger partial charge in [0.15, 0.2) is 23.1 Å². The van der Waals surface area contributed by atoms with Gasteiger partial charge in [-0.2, -0.15) is 0 Å². The Morgan fingerprint density at radius 2 is 0.423 bits per heavy atom. The third-order valence-corrected chi connectivity index (χ3v) is 1.15. The molecule has 14 heteroatoms. The molecule has 0 aromatic heterocycles. The van der Waals surface area contributed by atoms with Crippen LogP contribution in [0, 0.1) is 0 Å². The van der Waals surface area contributed by atoms with Gasteiger partial charge < -0.3 is 39.6 Å². The molecule has 0 saturated heterocycles. The molecule has 2 radical (unpaired) electrons. The van der Waals surface area contributed by atoms with Gasteiger partial charge in [0.2, 0.25) is 0 Å². The second-order valence-electron chi connectivity index (χ2n) is 3.37. The van der Waals surface area contributed by atoms with Gasteiger partial charge in [0.05, 0.1) is 0 Å². The Hall–Kier alpha value is -2.40. The second-order valence-corrected chi connectivity index (χ2v) is 3.37. The van der Waals surface area contributed by atoms with Gasteiger partial charge in [-0.25, -0.2) is 0 Å². The standard InChI is InChI=1S/4C3H4O3.2Cu/c4*1-2(4)3(5)6;;/h4*1H3,(H,5,6);;/q;;;;2*+2/p-4. The molecule has 0 aliphatic rings. The Morgan fingerprint density at radius 1 is 0.385 bits per heavy atom. The van der Waals surface area contributed by atoms with E-state index >= 15 is 0 Å². The summed E-state index contributed by atoms with van der Waals surface area (Å²) in [6.07, 6.45) is 0. The Morgan fingerprint density at radius 3 is 0.423 bits per heavy atom. The van der Waals surface area contributed by atoms with Crippen LogP contribution < -0.4 is 20.4 Å². The molecule has 0 aliphatic heterocycles. The van der Waals surface area contributed by atoms with Crippen LogP contribution in [0.25, 0.3) is 0 Å². The molecule has 0 N–H and O–H groups in total. The van der Waals surface area contributed by atoms with Crippen LogP contribution >= 0.6 is 0 Å². The summed E-state index contributed by atoms with van der Waals surface area (Å²) in [5.74, 6) is -10.3. The number of carbonyl (C=O) groups excluding carboxylic acids is 8. The second kappa shape index (κ2) is 22.6. The fraction of sp³-hybridized carbons (Fsp3) is 0.333. The van der Waals surface area contributed by atoms with E-state index < -0.39 is 47.0 Å². The van der Waals surface area contributed by atoms with E-state index in [4.69, 9.17) is 0 Å². The van der Waals surface area contributed by atoms with Gasteiger partial charge in [-0.05, 0) is 0 Å². The molecule has 12 nitrogen and oxygen atoms in total. The van der Waals surface area contributed by atoms with Crippen molar-refractivity contribution >= 4 is 47.0 Å². The first-order valence-electron chi connectivity index (χ1n) is 5.45. The number of carboxylic acid groups (broad SMARTS) is 4. The van der Waals surface area contributed by atoms with Crippen molar-refractivity contribution in [3.8, 4) is 0 Å². The zero-order chi connectivity index (χ0) is 20.6. The summed E-state index contributed by atoms with van der Waals surface area (Å²) in [6, 6.07) is 0. The van der Waals surface area contributed by atoms with Crippen molar-refractivity contribution in [2.75, 3.05) is 0 Å². The summed E-state index contributed by atoms with van der Waals surface area (Å²) in [5.41, 5.74) is 0. The largest absolute Gasteiger partial charge is 2.00 e. The van der Waals surface area contributed by atoms with Gasteiger partial charge in [-0.3, -0.25) is 19.2 Å². The first kappa shape index (κ1) is 38.9. The van der Waals surface area contributed by atoms with Crippen LogP contribution in [0.1, 0.15) is 27.7 Å². The van der Waals surface area contributed by atoms with E-state index in [0.717, 1.165) is 27.7 Å². The molecule has 26 heavy (non-hydrogen) atoms. The van der Waals surface area contributed by atoms with E-state index in [9.17, 15) is 58.8 Å². The molecule has 0 amide bonds. The van der Waals surface area contributed by atoms with Crippen LogP contribution in [-0.2, 0) is 72.5 Å². The number of ketones is 4. The van der Waals surface area contributed by atoms with Crippen LogP contribution in [0.2, 0.25) is 0 Å². The van der Waals surface area contributed by atoms with E-state index in [1.807, 2.05) is 0 Å². The number of hydrogen-bond donors (Lipinski definition) is 0. The topological polar surface area (TPSA) is 229 Å². The van der Waals surface area contributed by atoms with Crippen molar-refractivity contribution in [1.29, 1.82) is 0 Å². The quantitative estimate of drug-likeness (QED) is 0.273. The van der Waals surface area contributed by atoms with Crippen molar-refractivity contribution in [3.05, 3.63) is 0 Å². The van der Waals surface area contributed by atoms with Gasteiger partial charge in [0, 0.05) is 27.7 Å². The van der Waals surface area contributed by atoms with Crippen molar-refractivity contribution in [1.82, 2.24) is 0 Å². The minimum Gasteiger partial charge on any atom is -0.542 e. The van der Waals surface area contributed by atoms with Gasteiger partial charge in [0.1, 0.15) is 23.9 Å². The van der Waals surface area contributed by atoms with E-state index in [1.165, 1.54) is 0 Å². The number of carboxylic acids is 4. The molecular formula is C12H12Cu2O12. The zero-order valence-electron chi connectivity index (χ0n) is 13.5. The van der Waals surface area contributed by atoms with E-state index in [0.29, 0.717) is 0 Å². The van der Waals surface area contributed by atoms with Crippen LogP contribution in [-0.4, -0.2) is 47.0 Å². The Kier molecular flexibility index (Phi) is 33.8. The monoisotopic (exact) mass is 474 g/mol. The maximum absolute atomic E-state index is 9.48. The molecule has 0 rings (SSSR count). The third-order valence-electron chi connectivity index (χ3n) is 1.15. The summed E-state index contributed by atoms with van der Waals surface area (Å²) in [4.78, 5) is 74.9. The van der Waals surface area contributed by atoms with Crippen LogP contribution in [0.15, 0.2) is 0 Å². The van der Waals surface area contributed by atoms with Crippen LogP contribution in [0.5, 0.6) is 0 Å². The van der Waals surface area contributed by atoms with Gasteiger partial charge in [-0.15, -0.1) is 0 Å². The Bertz CT molecular complexity index is 394. The fourth-order valence-electron chi connectivity index (χ4n) is 0. The molecule has 0 heterocycles. The fourth-order valence-corrected chi connectivity index (χ4v) is 0. The summed E-state index contributed by atoms with van der Waals surface area (Å²) in [5, 5.41) is 37.0. The molecule has 0 bridgehead atoms. The minimum atomic E-state index is -1.63. The normalized spacial score (nSPS) is 6.92. The molecule has 0 aliphatic carbocycles. The molecule has 0 fully saturated rings. The van der Waals surface area contributed by atoms with Crippen LogP contribution in [0.4, 0.5) is 0 Å². The smallest absolute Gasteiger partial charge is 0.542 e. The maximum atomic E-state index is 9.48. The number of hydrogen-bond acceptors (Lipinski definition) is 12. The first-order chi connectivity index (χ1) is 10.6. The average molecular weight is 475 g/mol. The van der Waals surface area contributed by atoms with E-state index in [-0.39, 0.29) is 34.1 Å². The van der Waals surface area contributed by atoms with Crippen molar-refractivity contribution in [2.45, 2.75) is 27.7 Å². The summed E-state index contributed by atoms with van der Waals surface area (Å²) in [7, 11) is 0. The van der Waals surface area contributed by atoms with E-state index in [2.05, 4.69) is 0 Å². The Balaban J connectivity index is -0.0000000500. The molecule has 0 saturated carbocycles. The predicted molar refractivity (Wildman–Crippen MR) is 62.8 cm³/mol. The molecule has 0 spiro atoms. The summed E-state index contributed by atoms with van der Waals surface area (Å²) >= 11 is 0. The number of Topliss-reactive ketones (excluding diaryl/α,β-unsaturated/α-hetero) is 4. The van der Waals surface area contributed by atoms with Crippen molar-refractivity contribution < 1.29 is 92.9 Å². The van der Waals surface area contributed by atoms with Crippen molar-refractivity contribution in [2.24, 2.45) is 0 Å². The van der Waals surface area contributed by atoms with Gasteiger partial charge >= 0.3 is 34.1 Å². The number of rotatable bonds is 4. The molecule has 0 atom stereocenters. The SMILES string of the molecule is CC(=O)C(=O)[O-].CC(=O)C(=O)[O-].CC(=O)C(=O)[O-].CC(=O)C(=O)[O-].[Cu+2].[Cu+2]. The van der Waals surface area contributed by atoms with Crippen LogP contribution in [0.3, 0.4) is 0 Å². The first-order valence-corrected chi connectivity index (χ1v) is 5.45. The van der Waals surface area contributed by atoms with Gasteiger partial charge in [-0.1, -0.05) is 0 Å². The minimum absolute atomic E-state index is 0. The predicted octanol–water partition coefficient (Wildman–Crippen LogP) is -6.70. The third kappa shape index (κ3) is 49.6. The molecule has 0 unspecified atom stereocenters.